The fourth-order valence-electron chi connectivity index (χ4n) is 2.04. The van der Waals surface area contributed by atoms with Gasteiger partial charge in [-0.05, 0) is 63.7 Å². The fourth-order valence-corrected chi connectivity index (χ4v) is 3.44. The number of phenols is 1. The molecule has 6 heteroatoms. The summed E-state index contributed by atoms with van der Waals surface area (Å²) in [5.41, 5.74) is 0.526. The van der Waals surface area contributed by atoms with Gasteiger partial charge in [-0.15, -0.1) is 0 Å². The van der Waals surface area contributed by atoms with Gasteiger partial charge >= 0.3 is 0 Å². The van der Waals surface area contributed by atoms with Crippen LogP contribution in [0.5, 0.6) is 5.75 Å². The highest BCUT2D eigenvalue weighted by Gasteiger charge is 2.35. The number of carbonyl (C=O) groups excluding carboxylic acids is 1. The van der Waals surface area contributed by atoms with Crippen molar-refractivity contribution in [3.63, 3.8) is 0 Å². The molecule has 1 heterocycles. The summed E-state index contributed by atoms with van der Waals surface area (Å²) in [4.78, 5) is 19.3. The Labute approximate surface area is 139 Å². The molecule has 2 rings (SSSR count). The zero-order valence-corrected chi connectivity index (χ0v) is 14.6. The van der Waals surface area contributed by atoms with Crippen LogP contribution in [0.4, 0.5) is 0 Å². The summed E-state index contributed by atoms with van der Waals surface area (Å²) in [6, 6.07) is 4.89. The smallest absolute Gasteiger partial charge is 0.266 e. The topological polar surface area (TPSA) is 52.9 Å². The van der Waals surface area contributed by atoms with E-state index in [1.165, 1.54) is 17.8 Å². The van der Waals surface area contributed by atoms with E-state index < -0.39 is 0 Å². The van der Waals surface area contributed by atoms with Gasteiger partial charge in [0.05, 0.1) is 4.91 Å². The lowest BCUT2D eigenvalue weighted by molar-refractivity contribution is -0.123. The molecule has 1 aliphatic rings. The minimum atomic E-state index is -0.0984. The van der Waals surface area contributed by atoms with Gasteiger partial charge in [0.25, 0.3) is 5.91 Å². The predicted molar refractivity (Wildman–Crippen MR) is 93.2 cm³/mol. The molecule has 0 spiro atoms. The first kappa shape index (κ1) is 16.9. The Morgan fingerprint density at radius 2 is 2.00 bits per heavy atom. The average molecular weight is 339 g/mol. The lowest BCUT2D eigenvalue weighted by atomic mass is 10.2. The maximum Gasteiger partial charge on any atom is 0.266 e. The number of thioether (sulfide) groups is 1. The summed E-state index contributed by atoms with van der Waals surface area (Å²) >= 11 is 7.28. The minimum Gasteiger partial charge on any atom is -0.507 e. The van der Waals surface area contributed by atoms with Crippen LogP contribution in [-0.2, 0) is 4.79 Å². The average Bonchev–Trinajstić information content (AvgIpc) is 2.69. The third kappa shape index (κ3) is 3.65. The van der Waals surface area contributed by atoms with Crippen molar-refractivity contribution >= 4 is 40.5 Å². The van der Waals surface area contributed by atoms with E-state index in [0.29, 0.717) is 20.7 Å². The number of nitrogens with zero attached hydrogens (tertiary/aromatic N) is 2. The highest BCUT2D eigenvalue weighted by atomic mass is 35.5. The molecule has 0 saturated carbocycles. The third-order valence-corrected chi connectivity index (χ3v) is 4.23. The van der Waals surface area contributed by atoms with Crippen molar-refractivity contribution in [3.05, 3.63) is 33.7 Å². The Bertz CT molecular complexity index is 654. The monoisotopic (exact) mass is 338 g/mol. The molecule has 0 bridgehead atoms. The summed E-state index contributed by atoms with van der Waals surface area (Å²) in [5.74, 6) is -0.00517. The van der Waals surface area contributed by atoms with Gasteiger partial charge in [0.2, 0.25) is 0 Å². The molecule has 1 aromatic carbocycles. The quantitative estimate of drug-likeness (QED) is 0.843. The second-order valence-electron chi connectivity index (χ2n) is 5.59. The first-order valence-corrected chi connectivity index (χ1v) is 8.28. The molecule has 1 aliphatic heterocycles. The van der Waals surface area contributed by atoms with Crippen molar-refractivity contribution in [2.24, 2.45) is 4.99 Å². The van der Waals surface area contributed by atoms with Crippen molar-refractivity contribution < 1.29 is 9.90 Å². The maximum absolute atomic E-state index is 12.6. The van der Waals surface area contributed by atoms with E-state index in [2.05, 4.69) is 4.99 Å². The second-order valence-corrected chi connectivity index (χ2v) is 7.03. The molecule has 1 saturated heterocycles. The molecule has 4 nitrogen and oxygen atoms in total. The molecule has 0 aliphatic carbocycles. The second kappa shape index (κ2) is 6.75. The number of benzene rings is 1. The summed E-state index contributed by atoms with van der Waals surface area (Å²) < 4.78 is 0. The van der Waals surface area contributed by atoms with E-state index in [9.17, 15) is 9.90 Å². The number of amidine groups is 1. The van der Waals surface area contributed by atoms with Gasteiger partial charge in [0, 0.05) is 22.7 Å². The number of carbonyl (C=O) groups is 1. The number of aromatic hydroxyl groups is 1. The zero-order chi connectivity index (χ0) is 16.4. The molecule has 1 fully saturated rings. The number of amides is 1. The number of phenolic OH excluding ortho intramolecular Hbond substituents is 1. The van der Waals surface area contributed by atoms with Gasteiger partial charge in [-0.1, -0.05) is 11.6 Å². The standard InChI is InChI=1S/C16H19ClN2O2S/c1-9(2)18-16-19(10(3)4)15(21)14(22-16)8-11-7-12(17)5-6-13(11)20/h5-10,20H,1-4H3/b14-8+,18-16?. The fraction of sp³-hybridized carbons (Fsp3) is 0.375. The van der Waals surface area contributed by atoms with Gasteiger partial charge in [0.15, 0.2) is 5.17 Å². The van der Waals surface area contributed by atoms with Crippen LogP contribution in [0.1, 0.15) is 33.3 Å². The number of halogens is 1. The van der Waals surface area contributed by atoms with E-state index in [0.717, 1.165) is 0 Å². The summed E-state index contributed by atoms with van der Waals surface area (Å²) in [6.45, 7) is 7.85. The zero-order valence-electron chi connectivity index (χ0n) is 13.0. The molecular weight excluding hydrogens is 320 g/mol. The van der Waals surface area contributed by atoms with Crippen LogP contribution < -0.4 is 0 Å². The van der Waals surface area contributed by atoms with Crippen LogP contribution in [0.2, 0.25) is 5.02 Å². The lowest BCUT2D eigenvalue weighted by Gasteiger charge is -2.20. The summed E-state index contributed by atoms with van der Waals surface area (Å²) in [5, 5.41) is 11.1. The van der Waals surface area contributed by atoms with Crippen molar-refractivity contribution in [1.82, 2.24) is 4.90 Å². The Kier molecular flexibility index (Phi) is 5.19. The normalized spacial score (nSPS) is 19.2. The van der Waals surface area contributed by atoms with Gasteiger partial charge < -0.3 is 5.11 Å². The molecular formula is C16H19ClN2O2S. The van der Waals surface area contributed by atoms with Crippen molar-refractivity contribution in [2.45, 2.75) is 39.8 Å². The van der Waals surface area contributed by atoms with Crippen LogP contribution in [0.15, 0.2) is 28.1 Å². The molecule has 0 atom stereocenters. The number of aliphatic imine (C=N–C) groups is 1. The first-order valence-electron chi connectivity index (χ1n) is 7.09. The van der Waals surface area contributed by atoms with Crippen molar-refractivity contribution in [1.29, 1.82) is 0 Å². The van der Waals surface area contributed by atoms with E-state index >= 15 is 0 Å². The highest BCUT2D eigenvalue weighted by Crippen LogP contribution is 2.36. The highest BCUT2D eigenvalue weighted by molar-refractivity contribution is 8.18. The molecule has 0 radical (unpaired) electrons. The van der Waals surface area contributed by atoms with Crippen LogP contribution >= 0.6 is 23.4 Å². The van der Waals surface area contributed by atoms with E-state index in [1.807, 2.05) is 27.7 Å². The van der Waals surface area contributed by atoms with Crippen LogP contribution in [-0.4, -0.2) is 33.2 Å². The molecule has 1 amide bonds. The summed E-state index contributed by atoms with van der Waals surface area (Å²) in [6.07, 6.45) is 1.66. The molecule has 118 valence electrons. The summed E-state index contributed by atoms with van der Waals surface area (Å²) in [7, 11) is 0. The number of rotatable bonds is 3. The minimum absolute atomic E-state index is 0.0244. The van der Waals surface area contributed by atoms with Crippen LogP contribution in [0.25, 0.3) is 6.08 Å². The maximum atomic E-state index is 12.6. The van der Waals surface area contributed by atoms with Gasteiger partial charge in [-0.25, -0.2) is 0 Å². The Morgan fingerprint density at radius 1 is 1.32 bits per heavy atom. The van der Waals surface area contributed by atoms with Crippen LogP contribution in [0.3, 0.4) is 0 Å². The SMILES string of the molecule is CC(C)N=C1S/C(=C/c2cc(Cl)ccc2O)C(=O)N1C(C)C. The number of hydrogen-bond donors (Lipinski definition) is 1. The van der Waals surface area contributed by atoms with Crippen molar-refractivity contribution in [3.8, 4) is 5.75 Å². The Balaban J connectivity index is 2.42. The van der Waals surface area contributed by atoms with E-state index in [1.54, 1.807) is 23.1 Å². The Morgan fingerprint density at radius 3 is 2.59 bits per heavy atom. The molecule has 1 N–H and O–H groups in total. The molecule has 1 aromatic rings. The van der Waals surface area contributed by atoms with Gasteiger partial charge in [-0.3, -0.25) is 14.7 Å². The Hall–Kier alpha value is -1.46. The molecule has 0 aromatic heterocycles. The van der Waals surface area contributed by atoms with Crippen LogP contribution in [0, 0.1) is 0 Å². The van der Waals surface area contributed by atoms with E-state index in [4.69, 9.17) is 11.6 Å². The van der Waals surface area contributed by atoms with E-state index in [-0.39, 0.29) is 23.7 Å². The predicted octanol–water partition coefficient (Wildman–Crippen LogP) is 4.13. The number of hydrogen-bond acceptors (Lipinski definition) is 4. The molecule has 22 heavy (non-hydrogen) atoms. The molecule has 0 unspecified atom stereocenters. The third-order valence-electron chi connectivity index (χ3n) is 3.00. The largest absolute Gasteiger partial charge is 0.507 e. The van der Waals surface area contributed by atoms with Gasteiger partial charge in [0.1, 0.15) is 5.75 Å². The first-order chi connectivity index (χ1) is 10.3. The van der Waals surface area contributed by atoms with Crippen molar-refractivity contribution in [2.75, 3.05) is 0 Å². The van der Waals surface area contributed by atoms with Gasteiger partial charge in [-0.2, -0.15) is 0 Å². The lowest BCUT2D eigenvalue weighted by Crippen LogP contribution is -2.35.